The maximum absolute atomic E-state index is 14.2. The van der Waals surface area contributed by atoms with E-state index in [1.165, 1.54) is 37.3 Å². The highest BCUT2D eigenvalue weighted by molar-refractivity contribution is 6.38. The van der Waals surface area contributed by atoms with Crippen molar-refractivity contribution in [1.82, 2.24) is 4.90 Å². The Morgan fingerprint density at radius 1 is 0.946 bits per heavy atom. The molecule has 4 atom stereocenters. The summed E-state index contributed by atoms with van der Waals surface area (Å²) in [6.45, 7) is 5.77. The third-order valence-corrected chi connectivity index (χ3v) is 8.92. The molecule has 3 saturated heterocycles. The predicted molar refractivity (Wildman–Crippen MR) is 141 cm³/mol. The zero-order valence-electron chi connectivity index (χ0n) is 20.0. The van der Waals surface area contributed by atoms with Gasteiger partial charge in [0.1, 0.15) is 0 Å². The number of nitrogens with one attached hydrogen (secondary N) is 1. The van der Waals surface area contributed by atoms with Gasteiger partial charge in [-0.1, -0.05) is 60.3 Å². The lowest BCUT2D eigenvalue weighted by Gasteiger charge is -2.45. The number of hydrogen-bond acceptors (Lipinski definition) is 6. The first-order chi connectivity index (χ1) is 17.1. The Balaban J connectivity index is 1.83. The molecule has 0 aromatic heterocycles. The molecule has 0 spiro atoms. The molecule has 3 fully saturated rings. The minimum atomic E-state index is -2.71. The van der Waals surface area contributed by atoms with Gasteiger partial charge in [0.25, 0.3) is 11.8 Å². The minimum absolute atomic E-state index is 0.00488. The SMILES string of the molecule is CC1(C)CC2N(C1)C(C)(c1cc(Cl)cc(Cl)c1NC=O)C1(O)C(=O)N(c3cc(Cl)cc(Cl)c3)C(=O)C21O. The first-order valence-corrected chi connectivity index (χ1v) is 12.9. The fourth-order valence-electron chi connectivity index (χ4n) is 6.44. The van der Waals surface area contributed by atoms with E-state index in [0.717, 1.165) is 4.90 Å². The number of imide groups is 1. The Bertz CT molecular complexity index is 1370. The summed E-state index contributed by atoms with van der Waals surface area (Å²) in [6.07, 6.45) is 0.690. The largest absolute Gasteiger partial charge is 0.376 e. The first-order valence-electron chi connectivity index (χ1n) is 11.4. The zero-order chi connectivity index (χ0) is 27.3. The van der Waals surface area contributed by atoms with Crippen molar-refractivity contribution in [3.05, 3.63) is 56.0 Å². The minimum Gasteiger partial charge on any atom is -0.376 e. The molecule has 2 aromatic carbocycles. The topological polar surface area (TPSA) is 110 Å². The highest BCUT2D eigenvalue weighted by Gasteiger charge is 2.86. The second-order valence-electron chi connectivity index (χ2n) is 10.7. The summed E-state index contributed by atoms with van der Waals surface area (Å²) in [6, 6.07) is 6.03. The van der Waals surface area contributed by atoms with E-state index in [4.69, 9.17) is 46.4 Å². The van der Waals surface area contributed by atoms with E-state index in [9.17, 15) is 24.6 Å². The molecule has 2 aromatic rings. The molecular formula is C25H23Cl4N3O5. The standard InChI is InChI=1S/C25H23Cl4N3O5/c1-22(2)9-18-24(36)20(34)32(15-5-12(26)4-13(27)6-15)21(35)25(24,37)23(3,31(18)10-22)16-7-14(28)8-17(29)19(16)30-11-33/h4-8,11,18,36-37H,9-10H2,1-3H3,(H,30,33). The summed E-state index contributed by atoms with van der Waals surface area (Å²) in [4.78, 5) is 42.2. The number of benzene rings is 2. The molecule has 12 heteroatoms. The van der Waals surface area contributed by atoms with Crippen molar-refractivity contribution in [2.24, 2.45) is 5.41 Å². The van der Waals surface area contributed by atoms with Crippen LogP contribution in [0.25, 0.3) is 0 Å². The number of fused-ring (bicyclic) bond motifs is 3. The van der Waals surface area contributed by atoms with Crippen LogP contribution in [0.1, 0.15) is 32.8 Å². The van der Waals surface area contributed by atoms with Crippen LogP contribution in [-0.2, 0) is 19.9 Å². The van der Waals surface area contributed by atoms with Crippen molar-refractivity contribution in [1.29, 1.82) is 0 Å². The molecule has 5 rings (SSSR count). The smallest absolute Gasteiger partial charge is 0.271 e. The number of aliphatic hydroxyl groups is 2. The fraction of sp³-hybridized carbons (Fsp3) is 0.400. The van der Waals surface area contributed by atoms with Crippen LogP contribution in [0, 0.1) is 5.41 Å². The number of nitrogens with zero attached hydrogens (tertiary/aromatic N) is 2. The molecule has 3 N–H and O–H groups in total. The second kappa shape index (κ2) is 8.29. The summed E-state index contributed by atoms with van der Waals surface area (Å²) in [5.74, 6) is -2.08. The average molecular weight is 587 g/mol. The number of rotatable bonds is 4. The molecule has 37 heavy (non-hydrogen) atoms. The number of amides is 3. The summed E-state index contributed by atoms with van der Waals surface area (Å²) >= 11 is 25.1. The van der Waals surface area contributed by atoms with Crippen LogP contribution in [0.4, 0.5) is 11.4 Å². The van der Waals surface area contributed by atoms with Crippen molar-refractivity contribution in [2.45, 2.75) is 50.0 Å². The van der Waals surface area contributed by atoms with Crippen molar-refractivity contribution < 1.29 is 24.6 Å². The quantitative estimate of drug-likeness (QED) is 0.365. The molecular weight excluding hydrogens is 564 g/mol. The van der Waals surface area contributed by atoms with Gasteiger partial charge in [0.05, 0.1) is 28.0 Å². The Labute approximate surface area is 233 Å². The third kappa shape index (κ3) is 3.30. The van der Waals surface area contributed by atoms with Gasteiger partial charge in [-0.05, 0) is 49.1 Å². The van der Waals surface area contributed by atoms with Gasteiger partial charge in [-0.2, -0.15) is 0 Å². The van der Waals surface area contributed by atoms with Gasteiger partial charge in [-0.15, -0.1) is 0 Å². The maximum atomic E-state index is 14.2. The van der Waals surface area contributed by atoms with E-state index < -0.39 is 40.0 Å². The number of halogens is 4. The van der Waals surface area contributed by atoms with E-state index in [2.05, 4.69) is 5.32 Å². The zero-order valence-corrected chi connectivity index (χ0v) is 23.0. The van der Waals surface area contributed by atoms with Crippen molar-refractivity contribution in [3.63, 3.8) is 0 Å². The van der Waals surface area contributed by atoms with Crippen LogP contribution in [0.5, 0.6) is 0 Å². The molecule has 0 bridgehead atoms. The summed E-state index contributed by atoms with van der Waals surface area (Å²) < 4.78 is 0. The Kier molecular flexibility index (Phi) is 5.98. The summed E-state index contributed by atoms with van der Waals surface area (Å²) in [7, 11) is 0. The van der Waals surface area contributed by atoms with E-state index >= 15 is 0 Å². The molecule has 8 nitrogen and oxygen atoms in total. The van der Waals surface area contributed by atoms with Gasteiger partial charge in [-0.3, -0.25) is 19.3 Å². The molecule has 3 aliphatic rings. The molecule has 0 radical (unpaired) electrons. The van der Waals surface area contributed by atoms with Gasteiger partial charge < -0.3 is 15.5 Å². The Morgan fingerprint density at radius 2 is 1.54 bits per heavy atom. The lowest BCUT2D eigenvalue weighted by atomic mass is 9.67. The van der Waals surface area contributed by atoms with E-state index in [0.29, 0.717) is 13.0 Å². The maximum Gasteiger partial charge on any atom is 0.271 e. The Hall–Kier alpha value is -1.91. The van der Waals surface area contributed by atoms with Crippen LogP contribution in [-0.4, -0.2) is 57.1 Å². The number of carbonyl (C=O) groups excluding carboxylic acids is 3. The number of hydrogen-bond donors (Lipinski definition) is 3. The molecule has 0 saturated carbocycles. The summed E-state index contributed by atoms with van der Waals surface area (Å²) in [5, 5.41) is 27.8. The van der Waals surface area contributed by atoms with E-state index in [-0.39, 0.29) is 43.4 Å². The third-order valence-electron chi connectivity index (χ3n) is 7.96. The van der Waals surface area contributed by atoms with Crippen LogP contribution in [0.3, 0.4) is 0 Å². The number of anilines is 2. The van der Waals surface area contributed by atoms with Gasteiger partial charge in [0.15, 0.2) is 5.60 Å². The molecule has 3 heterocycles. The van der Waals surface area contributed by atoms with Crippen molar-refractivity contribution >= 4 is 76.0 Å². The van der Waals surface area contributed by atoms with Gasteiger partial charge >= 0.3 is 0 Å². The average Bonchev–Trinajstić information content (AvgIpc) is 3.25. The Morgan fingerprint density at radius 3 is 2.14 bits per heavy atom. The molecule has 196 valence electrons. The monoisotopic (exact) mass is 585 g/mol. The highest BCUT2D eigenvalue weighted by Crippen LogP contribution is 2.64. The first kappa shape index (κ1) is 26.7. The molecule has 0 aliphatic carbocycles. The second-order valence-corrected chi connectivity index (χ2v) is 12.4. The predicted octanol–water partition coefficient (Wildman–Crippen LogP) is 4.23. The number of carbonyl (C=O) groups is 3. The van der Waals surface area contributed by atoms with E-state index in [1.54, 1.807) is 4.90 Å². The fourth-order valence-corrected chi connectivity index (χ4v) is 7.50. The van der Waals surface area contributed by atoms with Crippen molar-refractivity contribution in [2.75, 3.05) is 16.8 Å². The molecule has 3 aliphatic heterocycles. The van der Waals surface area contributed by atoms with E-state index in [1.807, 2.05) is 13.8 Å². The van der Waals surface area contributed by atoms with Crippen LogP contribution in [0.15, 0.2) is 30.3 Å². The lowest BCUT2D eigenvalue weighted by Crippen LogP contribution is -2.65. The molecule has 3 amide bonds. The van der Waals surface area contributed by atoms with Crippen LogP contribution >= 0.6 is 46.4 Å². The lowest BCUT2D eigenvalue weighted by molar-refractivity contribution is -0.173. The van der Waals surface area contributed by atoms with Gasteiger partial charge in [0.2, 0.25) is 12.0 Å². The van der Waals surface area contributed by atoms with Crippen LogP contribution < -0.4 is 10.2 Å². The molecule has 4 unspecified atom stereocenters. The normalized spacial score (nSPS) is 32.6. The highest BCUT2D eigenvalue weighted by atomic mass is 35.5. The summed E-state index contributed by atoms with van der Waals surface area (Å²) in [5.41, 5.74) is -7.16. The van der Waals surface area contributed by atoms with Gasteiger partial charge in [0, 0.05) is 27.2 Å². The van der Waals surface area contributed by atoms with Gasteiger partial charge in [-0.25, -0.2) is 4.90 Å². The van der Waals surface area contributed by atoms with Crippen molar-refractivity contribution in [3.8, 4) is 0 Å². The van der Waals surface area contributed by atoms with Crippen LogP contribution in [0.2, 0.25) is 20.1 Å².